The Kier molecular flexibility index (Phi) is 8.56. The van der Waals surface area contributed by atoms with Gasteiger partial charge in [-0.2, -0.15) is 0 Å². The molecule has 1 aliphatic heterocycles. The Morgan fingerprint density at radius 3 is 2.34 bits per heavy atom. The standard InChI is InChI=1S/C22H32N4O6/c1-15-14-17(26(30)31)6-7-18(15)20(28)25-12-8-16(9-13-25)19(27)23-10-5-11-24-21(29)32-22(2,3)4/h6-7,14,16H,5,8-13H2,1-4H3,(H,23,27)(H,24,29). The van der Waals surface area contributed by atoms with Gasteiger partial charge in [-0.25, -0.2) is 4.79 Å². The molecule has 2 N–H and O–H groups in total. The van der Waals surface area contributed by atoms with Crippen LogP contribution < -0.4 is 10.6 Å². The summed E-state index contributed by atoms with van der Waals surface area (Å²) >= 11 is 0. The molecule has 1 aromatic rings. The van der Waals surface area contributed by atoms with E-state index in [-0.39, 0.29) is 23.4 Å². The van der Waals surface area contributed by atoms with Gasteiger partial charge >= 0.3 is 6.09 Å². The summed E-state index contributed by atoms with van der Waals surface area (Å²) in [5, 5.41) is 16.4. The summed E-state index contributed by atoms with van der Waals surface area (Å²) in [5.74, 6) is -0.402. The van der Waals surface area contributed by atoms with E-state index >= 15 is 0 Å². The molecule has 1 aromatic carbocycles. The highest BCUT2D eigenvalue weighted by Crippen LogP contribution is 2.22. The highest BCUT2D eigenvalue weighted by molar-refractivity contribution is 5.96. The summed E-state index contributed by atoms with van der Waals surface area (Å²) in [5.41, 5.74) is 0.405. The lowest BCUT2D eigenvalue weighted by Crippen LogP contribution is -2.43. The highest BCUT2D eigenvalue weighted by Gasteiger charge is 2.28. The molecule has 176 valence electrons. The molecule has 1 fully saturated rings. The fourth-order valence-corrected chi connectivity index (χ4v) is 3.47. The number of non-ortho nitro benzene ring substituents is 1. The molecule has 10 nitrogen and oxygen atoms in total. The summed E-state index contributed by atoms with van der Waals surface area (Å²) in [6.07, 6.45) is 1.21. The Bertz CT molecular complexity index is 856. The van der Waals surface area contributed by atoms with E-state index in [1.165, 1.54) is 18.2 Å². The number of ether oxygens (including phenoxy) is 1. The fraction of sp³-hybridized carbons (Fsp3) is 0.591. The molecule has 0 unspecified atom stereocenters. The van der Waals surface area contributed by atoms with E-state index < -0.39 is 16.6 Å². The van der Waals surface area contributed by atoms with Gasteiger partial charge in [-0.15, -0.1) is 0 Å². The zero-order valence-electron chi connectivity index (χ0n) is 19.1. The lowest BCUT2D eigenvalue weighted by Gasteiger charge is -2.31. The first-order valence-corrected chi connectivity index (χ1v) is 10.8. The van der Waals surface area contributed by atoms with Crippen molar-refractivity contribution < 1.29 is 24.0 Å². The molecule has 2 rings (SSSR count). The van der Waals surface area contributed by atoms with Gasteiger partial charge in [0.05, 0.1) is 4.92 Å². The van der Waals surface area contributed by atoms with Crippen LogP contribution in [0, 0.1) is 23.0 Å². The number of nitro groups is 1. The van der Waals surface area contributed by atoms with E-state index in [1.807, 2.05) is 0 Å². The van der Waals surface area contributed by atoms with E-state index in [1.54, 1.807) is 32.6 Å². The second-order valence-electron chi connectivity index (χ2n) is 8.90. The van der Waals surface area contributed by atoms with Crippen LogP contribution in [0.25, 0.3) is 0 Å². The average molecular weight is 449 g/mol. The van der Waals surface area contributed by atoms with Crippen molar-refractivity contribution in [2.24, 2.45) is 5.92 Å². The molecule has 0 aromatic heterocycles. The lowest BCUT2D eigenvalue weighted by atomic mass is 9.95. The van der Waals surface area contributed by atoms with Crippen LogP contribution in [0.2, 0.25) is 0 Å². The number of likely N-dealkylation sites (tertiary alicyclic amines) is 1. The van der Waals surface area contributed by atoms with E-state index in [0.29, 0.717) is 56.6 Å². The monoisotopic (exact) mass is 448 g/mol. The number of rotatable bonds is 7. The van der Waals surface area contributed by atoms with Crippen molar-refractivity contribution in [2.45, 2.75) is 52.6 Å². The molecule has 32 heavy (non-hydrogen) atoms. The number of carbonyl (C=O) groups is 3. The number of nitrogens with zero attached hydrogens (tertiary/aromatic N) is 2. The Hall–Kier alpha value is -3.17. The zero-order chi connectivity index (χ0) is 23.9. The number of hydrogen-bond acceptors (Lipinski definition) is 6. The average Bonchev–Trinajstić information content (AvgIpc) is 2.71. The van der Waals surface area contributed by atoms with Crippen LogP contribution in [0.4, 0.5) is 10.5 Å². The Balaban J connectivity index is 1.72. The topological polar surface area (TPSA) is 131 Å². The van der Waals surface area contributed by atoms with Crippen molar-refractivity contribution in [1.29, 1.82) is 0 Å². The van der Waals surface area contributed by atoms with Gasteiger partial charge in [0.15, 0.2) is 0 Å². The first-order valence-electron chi connectivity index (χ1n) is 10.8. The van der Waals surface area contributed by atoms with E-state index in [0.717, 1.165) is 0 Å². The predicted molar refractivity (Wildman–Crippen MR) is 118 cm³/mol. The molecule has 10 heteroatoms. The molecule has 1 aliphatic rings. The molecule has 1 heterocycles. The number of aryl methyl sites for hydroxylation is 1. The van der Waals surface area contributed by atoms with Crippen LogP contribution in [0.3, 0.4) is 0 Å². The molecule has 0 bridgehead atoms. The first-order chi connectivity index (χ1) is 15.0. The summed E-state index contributed by atoms with van der Waals surface area (Å²) < 4.78 is 5.15. The van der Waals surface area contributed by atoms with Crippen LogP contribution >= 0.6 is 0 Å². The highest BCUT2D eigenvalue weighted by atomic mass is 16.6. The van der Waals surface area contributed by atoms with Crippen molar-refractivity contribution >= 4 is 23.6 Å². The van der Waals surface area contributed by atoms with Gasteiger partial charge in [-0.3, -0.25) is 19.7 Å². The minimum Gasteiger partial charge on any atom is -0.444 e. The Labute approximate surface area is 187 Å². The minimum absolute atomic E-state index is 0.0456. The van der Waals surface area contributed by atoms with Gasteiger partial charge in [-0.1, -0.05) is 0 Å². The summed E-state index contributed by atoms with van der Waals surface area (Å²) in [7, 11) is 0. The van der Waals surface area contributed by atoms with Crippen LogP contribution in [0.5, 0.6) is 0 Å². The number of benzene rings is 1. The van der Waals surface area contributed by atoms with Gasteiger partial charge in [0.25, 0.3) is 11.6 Å². The second kappa shape index (κ2) is 10.9. The normalized spacial score (nSPS) is 14.6. The molecule has 3 amide bonds. The van der Waals surface area contributed by atoms with Gasteiger partial charge in [0, 0.05) is 49.8 Å². The quantitative estimate of drug-likeness (QED) is 0.375. The van der Waals surface area contributed by atoms with Crippen LogP contribution in [-0.2, 0) is 9.53 Å². The largest absolute Gasteiger partial charge is 0.444 e. The summed E-state index contributed by atoms with van der Waals surface area (Å²) in [4.78, 5) is 48.8. The van der Waals surface area contributed by atoms with Crippen LogP contribution in [0.1, 0.15) is 56.0 Å². The Morgan fingerprint density at radius 2 is 1.78 bits per heavy atom. The number of hydrogen-bond donors (Lipinski definition) is 2. The molecule has 0 spiro atoms. The molecular formula is C22H32N4O6. The zero-order valence-corrected chi connectivity index (χ0v) is 19.1. The number of carbonyl (C=O) groups excluding carboxylic acids is 3. The number of amides is 3. The van der Waals surface area contributed by atoms with Crippen LogP contribution in [-0.4, -0.2) is 59.5 Å². The number of nitrogens with one attached hydrogen (secondary N) is 2. The number of alkyl carbamates (subject to hydrolysis) is 1. The molecule has 0 saturated carbocycles. The number of nitro benzene ring substituents is 1. The van der Waals surface area contributed by atoms with Crippen molar-refractivity contribution in [3.63, 3.8) is 0 Å². The maximum atomic E-state index is 12.8. The van der Waals surface area contributed by atoms with Crippen molar-refractivity contribution in [2.75, 3.05) is 26.2 Å². The molecule has 0 atom stereocenters. The third-order valence-electron chi connectivity index (χ3n) is 5.13. The van der Waals surface area contributed by atoms with Gasteiger partial charge in [-0.05, 0) is 58.6 Å². The predicted octanol–water partition coefficient (Wildman–Crippen LogP) is 2.79. The SMILES string of the molecule is Cc1cc([N+](=O)[O-])ccc1C(=O)N1CCC(C(=O)NCCCNC(=O)OC(C)(C)C)CC1. The maximum absolute atomic E-state index is 12.8. The Morgan fingerprint density at radius 1 is 1.16 bits per heavy atom. The smallest absolute Gasteiger partial charge is 0.407 e. The summed E-state index contributed by atoms with van der Waals surface area (Å²) in [6.45, 7) is 8.79. The van der Waals surface area contributed by atoms with Crippen molar-refractivity contribution in [3.8, 4) is 0 Å². The summed E-state index contributed by atoms with van der Waals surface area (Å²) in [6, 6.07) is 4.21. The van der Waals surface area contributed by atoms with E-state index in [9.17, 15) is 24.5 Å². The lowest BCUT2D eigenvalue weighted by molar-refractivity contribution is -0.384. The molecular weight excluding hydrogens is 416 g/mol. The van der Waals surface area contributed by atoms with Gasteiger partial charge < -0.3 is 20.3 Å². The minimum atomic E-state index is -0.550. The molecule has 1 saturated heterocycles. The molecule has 0 radical (unpaired) electrons. The van der Waals surface area contributed by atoms with E-state index in [4.69, 9.17) is 4.74 Å². The fourth-order valence-electron chi connectivity index (χ4n) is 3.47. The van der Waals surface area contributed by atoms with Gasteiger partial charge in [0.2, 0.25) is 5.91 Å². The second-order valence-corrected chi connectivity index (χ2v) is 8.90. The maximum Gasteiger partial charge on any atom is 0.407 e. The van der Waals surface area contributed by atoms with Crippen LogP contribution in [0.15, 0.2) is 18.2 Å². The first kappa shape index (κ1) is 25.1. The van der Waals surface area contributed by atoms with Crippen molar-refractivity contribution in [1.82, 2.24) is 15.5 Å². The van der Waals surface area contributed by atoms with Gasteiger partial charge in [0.1, 0.15) is 5.60 Å². The number of piperidine rings is 1. The molecule has 0 aliphatic carbocycles. The van der Waals surface area contributed by atoms with Crippen molar-refractivity contribution in [3.05, 3.63) is 39.4 Å². The third kappa shape index (κ3) is 7.51. The third-order valence-corrected chi connectivity index (χ3v) is 5.13. The van der Waals surface area contributed by atoms with E-state index in [2.05, 4.69) is 10.6 Å².